The Morgan fingerprint density at radius 1 is 1.62 bits per heavy atom. The quantitative estimate of drug-likeness (QED) is 0.732. The predicted molar refractivity (Wildman–Crippen MR) is 46.3 cm³/mol. The van der Waals surface area contributed by atoms with Crippen LogP contribution in [-0.2, 0) is 11.3 Å². The minimum atomic E-state index is -0.270. The van der Waals surface area contributed by atoms with Gasteiger partial charge in [0.1, 0.15) is 6.42 Å². The molecule has 0 spiro atoms. The predicted octanol–water partition coefficient (Wildman–Crippen LogP) is 0.611. The minimum Gasteiger partial charge on any atom is -0.350 e. The lowest BCUT2D eigenvalue weighted by Gasteiger charge is -2.00. The highest BCUT2D eigenvalue weighted by atomic mass is 16.1. The van der Waals surface area contributed by atoms with Gasteiger partial charge < -0.3 is 5.32 Å². The number of aromatic nitrogens is 1. The van der Waals surface area contributed by atoms with Gasteiger partial charge in [-0.2, -0.15) is 5.26 Å². The van der Waals surface area contributed by atoms with E-state index in [1.807, 2.05) is 12.1 Å². The standard InChI is InChI=1S/C9H9N3O/c10-5-4-9(13)12-7-8-3-1-2-6-11-8/h1-3,6H,4,7H2,(H,12,13). The van der Waals surface area contributed by atoms with Gasteiger partial charge in [0.15, 0.2) is 0 Å². The Balaban J connectivity index is 2.36. The molecule has 0 aliphatic rings. The second-order valence-corrected chi connectivity index (χ2v) is 2.43. The first-order valence-corrected chi connectivity index (χ1v) is 3.86. The summed E-state index contributed by atoms with van der Waals surface area (Å²) >= 11 is 0. The van der Waals surface area contributed by atoms with Crippen LogP contribution in [0.15, 0.2) is 24.4 Å². The van der Waals surface area contributed by atoms with Gasteiger partial charge in [0.25, 0.3) is 0 Å². The fourth-order valence-electron chi connectivity index (χ4n) is 0.826. The molecule has 0 saturated carbocycles. The van der Waals surface area contributed by atoms with Crippen molar-refractivity contribution in [3.63, 3.8) is 0 Å². The summed E-state index contributed by atoms with van der Waals surface area (Å²) in [4.78, 5) is 14.9. The van der Waals surface area contributed by atoms with Crippen LogP contribution >= 0.6 is 0 Å². The first-order chi connectivity index (χ1) is 6.33. The van der Waals surface area contributed by atoms with Crippen molar-refractivity contribution in [2.45, 2.75) is 13.0 Å². The zero-order chi connectivity index (χ0) is 9.52. The van der Waals surface area contributed by atoms with Crippen LogP contribution in [-0.4, -0.2) is 10.9 Å². The van der Waals surface area contributed by atoms with Gasteiger partial charge in [0, 0.05) is 6.20 Å². The average Bonchev–Trinajstić information content (AvgIpc) is 2.17. The van der Waals surface area contributed by atoms with E-state index in [1.165, 1.54) is 0 Å². The second kappa shape index (κ2) is 4.88. The Bertz CT molecular complexity index is 315. The Morgan fingerprint density at radius 2 is 2.46 bits per heavy atom. The molecule has 0 atom stereocenters. The maximum atomic E-state index is 10.9. The summed E-state index contributed by atoms with van der Waals surface area (Å²) in [6.07, 6.45) is 1.55. The molecule has 0 fully saturated rings. The van der Waals surface area contributed by atoms with Crippen molar-refractivity contribution in [2.24, 2.45) is 0 Å². The van der Waals surface area contributed by atoms with Gasteiger partial charge in [-0.1, -0.05) is 6.07 Å². The topological polar surface area (TPSA) is 65.8 Å². The summed E-state index contributed by atoms with van der Waals surface area (Å²) < 4.78 is 0. The molecule has 1 rings (SSSR count). The number of amides is 1. The van der Waals surface area contributed by atoms with Gasteiger partial charge in [-0.25, -0.2) is 0 Å². The lowest BCUT2D eigenvalue weighted by molar-refractivity contribution is -0.120. The van der Waals surface area contributed by atoms with Crippen molar-refractivity contribution in [2.75, 3.05) is 0 Å². The van der Waals surface area contributed by atoms with Crippen LogP contribution < -0.4 is 5.32 Å². The van der Waals surface area contributed by atoms with Gasteiger partial charge in [-0.05, 0) is 12.1 Å². The molecule has 0 aliphatic carbocycles. The number of rotatable bonds is 3. The van der Waals surface area contributed by atoms with Crippen LogP contribution in [0.4, 0.5) is 0 Å². The van der Waals surface area contributed by atoms with Crippen LogP contribution in [0.25, 0.3) is 0 Å². The zero-order valence-corrected chi connectivity index (χ0v) is 7.03. The van der Waals surface area contributed by atoms with Crippen LogP contribution in [0, 0.1) is 11.3 Å². The van der Waals surface area contributed by atoms with E-state index in [-0.39, 0.29) is 12.3 Å². The molecule has 1 heterocycles. The number of carbonyl (C=O) groups excluding carboxylic acids is 1. The van der Waals surface area contributed by atoms with Gasteiger partial charge in [-0.15, -0.1) is 0 Å². The Labute approximate surface area is 76.2 Å². The third-order valence-corrected chi connectivity index (χ3v) is 1.43. The van der Waals surface area contributed by atoms with E-state index < -0.39 is 0 Å². The molecule has 4 heteroatoms. The second-order valence-electron chi connectivity index (χ2n) is 2.43. The largest absolute Gasteiger partial charge is 0.350 e. The fourth-order valence-corrected chi connectivity index (χ4v) is 0.826. The van der Waals surface area contributed by atoms with E-state index in [9.17, 15) is 4.79 Å². The minimum absolute atomic E-state index is 0.104. The summed E-state index contributed by atoms with van der Waals surface area (Å²) in [6.45, 7) is 0.376. The van der Waals surface area contributed by atoms with Crippen molar-refractivity contribution in [3.8, 4) is 6.07 Å². The summed E-state index contributed by atoms with van der Waals surface area (Å²) in [5.74, 6) is -0.270. The maximum absolute atomic E-state index is 10.9. The first-order valence-electron chi connectivity index (χ1n) is 3.86. The van der Waals surface area contributed by atoms with Crippen molar-refractivity contribution in [1.82, 2.24) is 10.3 Å². The number of hydrogen-bond acceptors (Lipinski definition) is 3. The number of nitrogens with zero attached hydrogens (tertiary/aromatic N) is 2. The van der Waals surface area contributed by atoms with E-state index >= 15 is 0 Å². The summed E-state index contributed by atoms with van der Waals surface area (Å²) in [6, 6.07) is 7.24. The number of hydrogen-bond donors (Lipinski definition) is 1. The number of nitrogens with one attached hydrogen (secondary N) is 1. The van der Waals surface area contributed by atoms with E-state index in [0.29, 0.717) is 6.54 Å². The molecule has 13 heavy (non-hydrogen) atoms. The molecule has 1 N–H and O–H groups in total. The van der Waals surface area contributed by atoms with Crippen molar-refractivity contribution in [1.29, 1.82) is 5.26 Å². The average molecular weight is 175 g/mol. The highest BCUT2D eigenvalue weighted by Crippen LogP contribution is 1.91. The Morgan fingerprint density at radius 3 is 3.08 bits per heavy atom. The van der Waals surface area contributed by atoms with Crippen molar-refractivity contribution >= 4 is 5.91 Å². The fraction of sp³-hybridized carbons (Fsp3) is 0.222. The monoisotopic (exact) mass is 175 g/mol. The molecule has 4 nitrogen and oxygen atoms in total. The molecule has 0 unspecified atom stereocenters. The molecule has 0 bridgehead atoms. The highest BCUT2D eigenvalue weighted by Gasteiger charge is 1.98. The molecule has 66 valence electrons. The maximum Gasteiger partial charge on any atom is 0.234 e. The van der Waals surface area contributed by atoms with Gasteiger partial charge >= 0.3 is 0 Å². The normalized spacial score (nSPS) is 8.85. The highest BCUT2D eigenvalue weighted by molar-refractivity contribution is 5.77. The molecule has 1 aromatic heterocycles. The van der Waals surface area contributed by atoms with Crippen molar-refractivity contribution in [3.05, 3.63) is 30.1 Å². The van der Waals surface area contributed by atoms with Gasteiger partial charge in [0.2, 0.25) is 5.91 Å². The van der Waals surface area contributed by atoms with E-state index in [1.54, 1.807) is 18.3 Å². The summed E-state index contributed by atoms with van der Waals surface area (Å²) in [5.41, 5.74) is 0.786. The van der Waals surface area contributed by atoms with Gasteiger partial charge in [-0.3, -0.25) is 9.78 Å². The molecule has 1 aromatic rings. The van der Waals surface area contributed by atoms with E-state index in [0.717, 1.165) is 5.69 Å². The molecule has 0 radical (unpaired) electrons. The third-order valence-electron chi connectivity index (χ3n) is 1.43. The SMILES string of the molecule is N#CCC(=O)NCc1ccccn1. The lowest BCUT2D eigenvalue weighted by atomic mass is 10.3. The Hall–Kier alpha value is -1.89. The van der Waals surface area contributed by atoms with Crippen LogP contribution in [0.2, 0.25) is 0 Å². The van der Waals surface area contributed by atoms with Crippen LogP contribution in [0.3, 0.4) is 0 Å². The molecule has 0 aliphatic heterocycles. The Kier molecular flexibility index (Phi) is 3.45. The summed E-state index contributed by atoms with van der Waals surface area (Å²) in [5, 5.41) is 10.8. The van der Waals surface area contributed by atoms with E-state index in [4.69, 9.17) is 5.26 Å². The number of nitriles is 1. The first kappa shape index (κ1) is 9.20. The zero-order valence-electron chi connectivity index (χ0n) is 7.03. The molecular formula is C9H9N3O. The van der Waals surface area contributed by atoms with E-state index in [2.05, 4.69) is 10.3 Å². The van der Waals surface area contributed by atoms with Gasteiger partial charge in [0.05, 0.1) is 18.3 Å². The molecule has 1 amide bonds. The lowest BCUT2D eigenvalue weighted by Crippen LogP contribution is -2.22. The third kappa shape index (κ3) is 3.34. The number of pyridine rings is 1. The smallest absolute Gasteiger partial charge is 0.234 e. The summed E-state index contributed by atoms with van der Waals surface area (Å²) in [7, 11) is 0. The molecule has 0 saturated heterocycles. The van der Waals surface area contributed by atoms with Crippen LogP contribution in [0.1, 0.15) is 12.1 Å². The van der Waals surface area contributed by atoms with Crippen LogP contribution in [0.5, 0.6) is 0 Å². The van der Waals surface area contributed by atoms with Crippen molar-refractivity contribution < 1.29 is 4.79 Å². The number of carbonyl (C=O) groups is 1. The molecule has 0 aromatic carbocycles. The molecular weight excluding hydrogens is 166 g/mol.